The molecule has 0 N–H and O–H groups in total. The second kappa shape index (κ2) is 14.8. The van der Waals surface area contributed by atoms with E-state index in [0.29, 0.717) is 6.61 Å². The number of unbranched alkanes of at least 4 members (excludes halogenated alkanes) is 4. The van der Waals surface area contributed by atoms with Crippen molar-refractivity contribution in [2.75, 3.05) is 13.2 Å². The van der Waals surface area contributed by atoms with Crippen molar-refractivity contribution in [3.05, 3.63) is 60.7 Å². The predicted octanol–water partition coefficient (Wildman–Crippen LogP) is 9.14. The maximum atomic E-state index is 7.01. The Hall–Kier alpha value is -0.626. The van der Waals surface area contributed by atoms with Crippen LogP contribution < -0.4 is 10.4 Å². The van der Waals surface area contributed by atoms with E-state index in [1.54, 1.807) is 0 Å². The van der Waals surface area contributed by atoms with Crippen molar-refractivity contribution in [3.63, 3.8) is 0 Å². The minimum absolute atomic E-state index is 0.0253. The number of benzene rings is 2. The lowest BCUT2D eigenvalue weighted by Gasteiger charge is -2.43. The highest BCUT2D eigenvalue weighted by Crippen LogP contribution is 2.38. The van der Waals surface area contributed by atoms with Crippen LogP contribution in [0.15, 0.2) is 60.7 Å². The topological polar surface area (TPSA) is 18.5 Å². The first-order chi connectivity index (χ1) is 17.7. The van der Waals surface area contributed by atoms with Crippen LogP contribution in [0, 0.1) is 0 Å². The fourth-order valence-electron chi connectivity index (χ4n) is 4.75. The van der Waals surface area contributed by atoms with Gasteiger partial charge in [-0.05, 0) is 46.4 Å². The van der Waals surface area contributed by atoms with Crippen molar-refractivity contribution >= 4 is 50.2 Å². The molecule has 0 unspecified atom stereocenters. The molecule has 0 amide bonds. The summed E-state index contributed by atoms with van der Waals surface area (Å²) in [6.45, 7) is 19.6. The number of halogens is 2. The van der Waals surface area contributed by atoms with Crippen molar-refractivity contribution in [2.45, 2.75) is 114 Å². The van der Waals surface area contributed by atoms with E-state index in [-0.39, 0.29) is 20.8 Å². The van der Waals surface area contributed by atoms with E-state index in [4.69, 9.17) is 32.1 Å². The summed E-state index contributed by atoms with van der Waals surface area (Å²) in [4.78, 5) is 0. The Morgan fingerprint density at radius 2 is 1.11 bits per heavy atom. The van der Waals surface area contributed by atoms with Crippen LogP contribution in [0.4, 0.5) is 0 Å². The van der Waals surface area contributed by atoms with Crippen LogP contribution in [0.5, 0.6) is 0 Å². The number of hydrogen-bond acceptors (Lipinski definition) is 2. The third kappa shape index (κ3) is 9.21. The van der Waals surface area contributed by atoms with Gasteiger partial charge in [0.05, 0.1) is 17.4 Å². The molecule has 2 nitrogen and oxygen atoms in total. The molecule has 0 bridgehead atoms. The van der Waals surface area contributed by atoms with Crippen LogP contribution in [-0.4, -0.2) is 40.6 Å². The number of rotatable bonds is 15. The highest BCUT2D eigenvalue weighted by atomic mass is 35.5. The fourth-order valence-corrected chi connectivity index (χ4v) is 10.9. The van der Waals surface area contributed by atoms with Crippen molar-refractivity contribution in [1.82, 2.24) is 0 Å². The maximum Gasteiger partial charge on any atom is 0.261 e. The first kappa shape index (κ1) is 33.6. The Bertz CT molecular complexity index is 884. The molecule has 0 spiro atoms. The van der Waals surface area contributed by atoms with Gasteiger partial charge in [-0.2, -0.15) is 0 Å². The molecule has 2 aromatic rings. The maximum absolute atomic E-state index is 7.01. The third-order valence-corrected chi connectivity index (χ3v) is 18.8. The van der Waals surface area contributed by atoms with Gasteiger partial charge >= 0.3 is 0 Å². The molecule has 0 aromatic heterocycles. The van der Waals surface area contributed by atoms with Gasteiger partial charge in [-0.25, -0.2) is 0 Å². The highest BCUT2D eigenvalue weighted by molar-refractivity contribution is 6.99. The molecule has 0 aliphatic heterocycles. The molecule has 2 aromatic carbocycles. The molecule has 6 heteroatoms. The van der Waals surface area contributed by atoms with Gasteiger partial charge in [-0.3, -0.25) is 0 Å². The molecule has 0 saturated heterocycles. The zero-order valence-corrected chi connectivity index (χ0v) is 28.7. The van der Waals surface area contributed by atoms with Crippen molar-refractivity contribution in [3.8, 4) is 0 Å². The summed E-state index contributed by atoms with van der Waals surface area (Å²) in [5, 5.41) is 2.73. The minimum Gasteiger partial charge on any atom is -0.415 e. The molecule has 2 atom stereocenters. The summed E-state index contributed by atoms with van der Waals surface area (Å²) in [6, 6.07) is 21.8. The lowest BCUT2D eigenvalue weighted by Crippen LogP contribution is -2.66. The van der Waals surface area contributed by atoms with Gasteiger partial charge < -0.3 is 8.85 Å². The largest absolute Gasteiger partial charge is 0.415 e. The Kier molecular flexibility index (Phi) is 13.1. The van der Waals surface area contributed by atoms with Crippen LogP contribution in [0.3, 0.4) is 0 Å². The Morgan fingerprint density at radius 3 is 1.58 bits per heavy atom. The van der Waals surface area contributed by atoms with Gasteiger partial charge in [-0.1, -0.05) is 128 Å². The fraction of sp³-hybridized carbons (Fsp3) is 0.625. The first-order valence-corrected chi connectivity index (χ1v) is 20.1. The quantitative estimate of drug-likeness (QED) is 0.116. The lowest BCUT2D eigenvalue weighted by molar-refractivity contribution is 0.280. The second-order valence-corrected chi connectivity index (χ2v) is 23.4. The summed E-state index contributed by atoms with van der Waals surface area (Å²) >= 11 is 13.2. The molecule has 2 rings (SSSR count). The van der Waals surface area contributed by atoms with E-state index in [1.807, 2.05) is 0 Å². The summed E-state index contributed by atoms with van der Waals surface area (Å²) in [7, 11) is -4.22. The monoisotopic (exact) mass is 594 g/mol. The third-order valence-electron chi connectivity index (χ3n) is 8.16. The molecule has 0 aliphatic carbocycles. The van der Waals surface area contributed by atoms with Gasteiger partial charge in [0.1, 0.15) is 0 Å². The Balaban J connectivity index is 1.81. The molecule has 0 heterocycles. The van der Waals surface area contributed by atoms with Gasteiger partial charge in [0, 0.05) is 6.61 Å². The number of alkyl halides is 2. The zero-order valence-electron chi connectivity index (χ0n) is 25.2. The normalized spacial score (nSPS) is 14.9. The molecule has 214 valence electrons. The smallest absolute Gasteiger partial charge is 0.261 e. The van der Waals surface area contributed by atoms with Crippen LogP contribution in [0.2, 0.25) is 23.2 Å². The Morgan fingerprint density at radius 1 is 0.632 bits per heavy atom. The van der Waals surface area contributed by atoms with Gasteiger partial charge in [0.15, 0.2) is 8.32 Å². The SMILES string of the molecule is CC(C)(C)[Si](C)(C)OC[C@H](Cl)[C@H](Cl)CCCCCCCO[Si](c1ccccc1)(c1ccccc1)C(C)(C)C. The first-order valence-electron chi connectivity index (χ1n) is 14.4. The average Bonchev–Trinajstić information content (AvgIpc) is 2.86. The molecular weight excluding hydrogens is 543 g/mol. The minimum atomic E-state index is -2.43. The number of hydrogen-bond donors (Lipinski definition) is 0. The van der Waals surface area contributed by atoms with E-state index in [9.17, 15) is 0 Å². The zero-order chi connectivity index (χ0) is 28.5. The van der Waals surface area contributed by atoms with Gasteiger partial charge in [0.2, 0.25) is 0 Å². The molecule has 0 aliphatic rings. The van der Waals surface area contributed by atoms with Crippen molar-refractivity contribution in [1.29, 1.82) is 0 Å². The van der Waals surface area contributed by atoms with E-state index < -0.39 is 16.6 Å². The van der Waals surface area contributed by atoms with E-state index >= 15 is 0 Å². The van der Waals surface area contributed by atoms with Crippen LogP contribution in [0.25, 0.3) is 0 Å². The molecule has 0 fully saturated rings. The van der Waals surface area contributed by atoms with Gasteiger partial charge in [-0.15, -0.1) is 23.2 Å². The molecular formula is C32H52Cl2O2Si2. The van der Waals surface area contributed by atoms with Crippen LogP contribution in [0.1, 0.15) is 80.1 Å². The highest BCUT2D eigenvalue weighted by Gasteiger charge is 2.49. The van der Waals surface area contributed by atoms with Crippen molar-refractivity contribution in [2.24, 2.45) is 0 Å². The van der Waals surface area contributed by atoms with Gasteiger partial charge in [0.25, 0.3) is 8.32 Å². The van der Waals surface area contributed by atoms with E-state index in [1.165, 1.54) is 29.6 Å². The Labute approximate surface area is 246 Å². The van der Waals surface area contributed by atoms with Crippen molar-refractivity contribution < 1.29 is 8.85 Å². The van der Waals surface area contributed by atoms with E-state index in [2.05, 4.69) is 115 Å². The predicted molar refractivity (Wildman–Crippen MR) is 174 cm³/mol. The summed E-state index contributed by atoms with van der Waals surface area (Å²) in [6.07, 6.45) is 6.66. The second-order valence-electron chi connectivity index (χ2n) is 13.2. The summed E-state index contributed by atoms with van der Waals surface area (Å²) in [5.41, 5.74) is 0. The lowest BCUT2D eigenvalue weighted by atomic mass is 10.1. The van der Waals surface area contributed by atoms with Crippen LogP contribution in [-0.2, 0) is 8.85 Å². The standard InChI is InChI=1S/C32H52Cl2O2Si2/c1-31(2,3)37(7,8)36-26-30(34)29(33)24-18-10-9-11-19-25-35-38(32(4,5)6,27-20-14-12-15-21-27)28-22-16-13-17-23-28/h12-17,20-23,29-30H,9-11,18-19,24-26H2,1-8H3/t29-,30+/m1/s1. The molecule has 0 radical (unpaired) electrons. The van der Waals surface area contributed by atoms with E-state index in [0.717, 1.165) is 25.9 Å². The molecule has 0 saturated carbocycles. The average molecular weight is 596 g/mol. The summed E-state index contributed by atoms with van der Waals surface area (Å²) in [5.74, 6) is 0. The summed E-state index contributed by atoms with van der Waals surface area (Å²) < 4.78 is 13.3. The molecule has 38 heavy (non-hydrogen) atoms. The van der Waals surface area contributed by atoms with Crippen LogP contribution >= 0.6 is 23.2 Å².